The predicted octanol–water partition coefficient (Wildman–Crippen LogP) is 1.37. The van der Waals surface area contributed by atoms with Gasteiger partial charge in [0.2, 0.25) is 10.0 Å². The highest BCUT2D eigenvalue weighted by molar-refractivity contribution is 7.89. The van der Waals surface area contributed by atoms with Gasteiger partial charge in [-0.1, -0.05) is 6.07 Å². The summed E-state index contributed by atoms with van der Waals surface area (Å²) in [4.78, 5) is 18.8. The van der Waals surface area contributed by atoms with Crippen molar-refractivity contribution in [1.82, 2.24) is 14.6 Å². The van der Waals surface area contributed by atoms with E-state index in [1.54, 1.807) is 24.4 Å². The van der Waals surface area contributed by atoms with Crippen LogP contribution in [0.2, 0.25) is 0 Å². The molecule has 0 radical (unpaired) electrons. The van der Waals surface area contributed by atoms with E-state index in [9.17, 15) is 13.2 Å². The van der Waals surface area contributed by atoms with Gasteiger partial charge in [-0.2, -0.15) is 4.31 Å². The number of hydrogen-bond acceptors (Lipinski definition) is 7. The zero-order valence-corrected chi connectivity index (χ0v) is 18.6. The van der Waals surface area contributed by atoms with Crippen LogP contribution in [0.15, 0.2) is 42.6 Å². The molecule has 0 spiro atoms. The minimum absolute atomic E-state index is 0.0172. The Morgan fingerprint density at radius 3 is 2.52 bits per heavy atom. The summed E-state index contributed by atoms with van der Waals surface area (Å²) in [5.41, 5.74) is 0.372. The van der Waals surface area contributed by atoms with E-state index >= 15 is 0 Å². The molecule has 1 saturated heterocycles. The Bertz CT molecular complexity index is 977. The molecule has 168 valence electrons. The molecular formula is C21H28N4O5S. The lowest BCUT2D eigenvalue weighted by molar-refractivity contribution is 0.0950. The largest absolute Gasteiger partial charge is 0.497 e. The summed E-state index contributed by atoms with van der Waals surface area (Å²) in [5.74, 6) is 1.51. The van der Waals surface area contributed by atoms with Crippen molar-refractivity contribution in [2.75, 3.05) is 57.6 Å². The van der Waals surface area contributed by atoms with Gasteiger partial charge >= 0.3 is 0 Å². The minimum Gasteiger partial charge on any atom is -0.497 e. The number of aromatic nitrogens is 1. The van der Waals surface area contributed by atoms with E-state index in [0.717, 1.165) is 5.82 Å². The third-order valence-electron chi connectivity index (χ3n) is 5.12. The number of ether oxygens (including phenoxy) is 2. The van der Waals surface area contributed by atoms with Gasteiger partial charge < -0.3 is 19.7 Å². The van der Waals surface area contributed by atoms with Crippen molar-refractivity contribution in [3.63, 3.8) is 0 Å². The second-order valence-corrected chi connectivity index (χ2v) is 9.15. The van der Waals surface area contributed by atoms with Gasteiger partial charge in [0.1, 0.15) is 17.3 Å². The van der Waals surface area contributed by atoms with E-state index in [1.165, 1.54) is 18.5 Å². The van der Waals surface area contributed by atoms with Crippen LogP contribution in [-0.4, -0.2) is 76.3 Å². The van der Waals surface area contributed by atoms with Gasteiger partial charge in [0, 0.05) is 45.0 Å². The normalized spacial score (nSPS) is 14.8. The predicted molar refractivity (Wildman–Crippen MR) is 118 cm³/mol. The molecule has 1 aromatic carbocycles. The zero-order valence-electron chi connectivity index (χ0n) is 17.8. The van der Waals surface area contributed by atoms with Crippen LogP contribution in [0.3, 0.4) is 0 Å². The van der Waals surface area contributed by atoms with Crippen molar-refractivity contribution in [3.8, 4) is 11.5 Å². The molecule has 0 saturated carbocycles. The van der Waals surface area contributed by atoms with Gasteiger partial charge in [-0.25, -0.2) is 13.4 Å². The van der Waals surface area contributed by atoms with Crippen molar-refractivity contribution >= 4 is 21.7 Å². The first-order valence-corrected chi connectivity index (χ1v) is 11.7. The van der Waals surface area contributed by atoms with Crippen molar-refractivity contribution < 1.29 is 22.7 Å². The highest BCUT2D eigenvalue weighted by Crippen LogP contribution is 2.24. The minimum atomic E-state index is -3.38. The highest BCUT2D eigenvalue weighted by Gasteiger charge is 2.27. The standard InChI is InChI=1S/C21H28N4O5S/c1-29-17-7-8-18(19(16-17)30-2)21(26)23-10-5-15-31(27,28)25-13-11-24(12-14-25)20-6-3-4-9-22-20/h3-4,6-9,16H,5,10-15H2,1-2H3,(H,23,26). The van der Waals surface area contributed by atoms with E-state index in [1.807, 2.05) is 18.2 Å². The zero-order chi connectivity index (χ0) is 22.3. The fourth-order valence-electron chi connectivity index (χ4n) is 3.40. The molecule has 2 aromatic rings. The molecule has 1 aliphatic heterocycles. The van der Waals surface area contributed by atoms with E-state index in [4.69, 9.17) is 9.47 Å². The number of nitrogens with zero attached hydrogens (tertiary/aromatic N) is 3. The van der Waals surface area contributed by atoms with E-state index in [0.29, 0.717) is 49.7 Å². The Balaban J connectivity index is 1.45. The third-order valence-corrected chi connectivity index (χ3v) is 7.08. The molecule has 3 rings (SSSR count). The van der Waals surface area contributed by atoms with Crippen molar-refractivity contribution in [2.45, 2.75) is 6.42 Å². The van der Waals surface area contributed by atoms with Crippen LogP contribution in [0.1, 0.15) is 16.8 Å². The Morgan fingerprint density at radius 1 is 1.10 bits per heavy atom. The van der Waals surface area contributed by atoms with Crippen LogP contribution in [0.4, 0.5) is 5.82 Å². The van der Waals surface area contributed by atoms with Crippen LogP contribution in [0, 0.1) is 0 Å². The summed E-state index contributed by atoms with van der Waals surface area (Å²) >= 11 is 0. The van der Waals surface area contributed by atoms with Gasteiger partial charge in [0.05, 0.1) is 25.5 Å². The summed E-state index contributed by atoms with van der Waals surface area (Å²) < 4.78 is 37.2. The SMILES string of the molecule is COc1ccc(C(=O)NCCCS(=O)(=O)N2CCN(c3ccccn3)CC2)c(OC)c1. The number of benzene rings is 1. The molecule has 1 N–H and O–H groups in total. The lowest BCUT2D eigenvalue weighted by Gasteiger charge is -2.34. The Morgan fingerprint density at radius 2 is 1.87 bits per heavy atom. The number of rotatable bonds is 9. The van der Waals surface area contributed by atoms with E-state index in [-0.39, 0.29) is 18.2 Å². The van der Waals surface area contributed by atoms with Gasteiger partial charge in [-0.05, 0) is 30.7 Å². The second-order valence-electron chi connectivity index (χ2n) is 7.07. The average molecular weight is 449 g/mol. The third kappa shape index (κ3) is 5.86. The summed E-state index contributed by atoms with van der Waals surface area (Å²) in [5, 5.41) is 2.76. The molecular weight excluding hydrogens is 420 g/mol. The number of nitrogens with one attached hydrogen (secondary N) is 1. The Labute approximate surface area is 183 Å². The molecule has 31 heavy (non-hydrogen) atoms. The van der Waals surface area contributed by atoms with E-state index < -0.39 is 10.0 Å². The van der Waals surface area contributed by atoms with Gasteiger partial charge in [-0.3, -0.25) is 4.79 Å². The number of methoxy groups -OCH3 is 2. The first-order valence-electron chi connectivity index (χ1n) is 10.1. The average Bonchev–Trinajstić information content (AvgIpc) is 2.82. The molecule has 0 unspecified atom stereocenters. The molecule has 1 aliphatic rings. The number of anilines is 1. The fraction of sp³-hybridized carbons (Fsp3) is 0.429. The summed E-state index contributed by atoms with van der Waals surface area (Å²) in [6, 6.07) is 10.6. The first-order chi connectivity index (χ1) is 14.9. The van der Waals surface area contributed by atoms with Crippen LogP contribution >= 0.6 is 0 Å². The van der Waals surface area contributed by atoms with Crippen molar-refractivity contribution in [2.24, 2.45) is 0 Å². The van der Waals surface area contributed by atoms with Gasteiger partial charge in [-0.15, -0.1) is 0 Å². The highest BCUT2D eigenvalue weighted by atomic mass is 32.2. The molecule has 1 amide bonds. The summed E-state index contributed by atoms with van der Waals surface area (Å²) in [6.07, 6.45) is 2.06. The molecule has 1 fully saturated rings. The number of pyridine rings is 1. The van der Waals surface area contributed by atoms with E-state index in [2.05, 4.69) is 15.2 Å². The van der Waals surface area contributed by atoms with Crippen LogP contribution in [-0.2, 0) is 10.0 Å². The molecule has 1 aromatic heterocycles. The smallest absolute Gasteiger partial charge is 0.255 e. The van der Waals surface area contributed by atoms with Crippen molar-refractivity contribution in [1.29, 1.82) is 0 Å². The first kappa shape index (κ1) is 22.8. The number of hydrogen-bond donors (Lipinski definition) is 1. The molecule has 0 aliphatic carbocycles. The maximum absolute atomic E-state index is 12.7. The van der Waals surface area contributed by atoms with Gasteiger partial charge in [0.15, 0.2) is 0 Å². The molecule has 2 heterocycles. The number of amides is 1. The Hall–Kier alpha value is -2.85. The lowest BCUT2D eigenvalue weighted by atomic mass is 10.1. The number of sulfonamides is 1. The lowest BCUT2D eigenvalue weighted by Crippen LogP contribution is -2.49. The number of piperazine rings is 1. The number of carbonyl (C=O) groups excluding carboxylic acids is 1. The Kier molecular flexibility index (Phi) is 7.69. The monoisotopic (exact) mass is 448 g/mol. The van der Waals surface area contributed by atoms with Gasteiger partial charge in [0.25, 0.3) is 5.91 Å². The van der Waals surface area contributed by atoms with Crippen molar-refractivity contribution in [3.05, 3.63) is 48.2 Å². The maximum atomic E-state index is 12.7. The van der Waals surface area contributed by atoms with Crippen LogP contribution in [0.5, 0.6) is 11.5 Å². The second kappa shape index (κ2) is 10.5. The molecule has 9 nitrogen and oxygen atoms in total. The quantitative estimate of drug-likeness (QED) is 0.578. The van der Waals surface area contributed by atoms with Crippen LogP contribution < -0.4 is 19.7 Å². The number of carbonyl (C=O) groups is 1. The maximum Gasteiger partial charge on any atom is 0.255 e. The molecule has 0 bridgehead atoms. The fourth-order valence-corrected chi connectivity index (χ4v) is 4.89. The molecule has 0 atom stereocenters. The van der Waals surface area contributed by atoms with Crippen LogP contribution in [0.25, 0.3) is 0 Å². The summed E-state index contributed by atoms with van der Waals surface area (Å²) in [6.45, 7) is 2.30. The summed E-state index contributed by atoms with van der Waals surface area (Å²) in [7, 11) is -0.367. The topological polar surface area (TPSA) is 101 Å². The molecule has 10 heteroatoms.